The maximum atomic E-state index is 14.1. The second kappa shape index (κ2) is 9.47. The number of carbonyl (C=O) groups excluding carboxylic acids is 1. The molecule has 0 aliphatic carbocycles. The normalized spacial score (nSPS) is 12.2. The van der Waals surface area contributed by atoms with Gasteiger partial charge >= 0.3 is 0 Å². The maximum Gasteiger partial charge on any atom is 0.254 e. The first-order chi connectivity index (χ1) is 14.1. The fraction of sp³-hybridized carbons (Fsp3) is 0.304. The summed E-state index contributed by atoms with van der Waals surface area (Å²) in [7, 11) is 0. The van der Waals surface area contributed by atoms with E-state index in [2.05, 4.69) is 41.3 Å². The predicted molar refractivity (Wildman–Crippen MR) is 113 cm³/mol. The lowest BCUT2D eigenvalue weighted by Crippen LogP contribution is -2.38. The molecule has 0 saturated carbocycles. The van der Waals surface area contributed by atoms with Gasteiger partial charge in [0.15, 0.2) is 0 Å². The van der Waals surface area contributed by atoms with Crippen molar-refractivity contribution in [2.75, 3.05) is 19.6 Å². The molecule has 2 aromatic carbocycles. The third-order valence-electron chi connectivity index (χ3n) is 5.23. The number of hydrogen-bond acceptors (Lipinski definition) is 3. The highest BCUT2D eigenvalue weighted by Gasteiger charge is 2.21. The second-order valence-corrected chi connectivity index (χ2v) is 6.86. The van der Waals surface area contributed by atoms with Crippen LogP contribution in [0.5, 0.6) is 0 Å². The third kappa shape index (κ3) is 4.54. The van der Waals surface area contributed by atoms with E-state index in [1.54, 1.807) is 25.1 Å². The molecule has 1 atom stereocenters. The van der Waals surface area contributed by atoms with Crippen molar-refractivity contribution in [3.63, 3.8) is 0 Å². The summed E-state index contributed by atoms with van der Waals surface area (Å²) in [4.78, 5) is 15.2. The van der Waals surface area contributed by atoms with Crippen molar-refractivity contribution in [1.82, 2.24) is 20.0 Å². The number of carbonyl (C=O) groups is 1. The van der Waals surface area contributed by atoms with Crippen LogP contribution in [0.4, 0.5) is 4.39 Å². The Labute approximate surface area is 171 Å². The first-order valence-corrected chi connectivity index (χ1v) is 9.93. The molecule has 0 aliphatic heterocycles. The highest BCUT2D eigenvalue weighted by atomic mass is 19.1. The molecule has 5 nitrogen and oxygen atoms in total. The van der Waals surface area contributed by atoms with Gasteiger partial charge in [0.05, 0.1) is 23.5 Å². The average molecular weight is 394 g/mol. The van der Waals surface area contributed by atoms with E-state index in [4.69, 9.17) is 0 Å². The van der Waals surface area contributed by atoms with Gasteiger partial charge in [0.2, 0.25) is 0 Å². The number of benzene rings is 2. The maximum absolute atomic E-state index is 14.1. The molecule has 0 radical (unpaired) electrons. The minimum Gasteiger partial charge on any atom is -0.350 e. The zero-order chi connectivity index (χ0) is 20.8. The van der Waals surface area contributed by atoms with E-state index in [0.717, 1.165) is 18.7 Å². The number of aromatic nitrogens is 2. The van der Waals surface area contributed by atoms with Crippen molar-refractivity contribution >= 4 is 5.91 Å². The van der Waals surface area contributed by atoms with Crippen molar-refractivity contribution in [2.24, 2.45) is 0 Å². The Bertz CT molecular complexity index is 951. The van der Waals surface area contributed by atoms with Gasteiger partial charge in [0, 0.05) is 6.54 Å². The van der Waals surface area contributed by atoms with E-state index in [1.165, 1.54) is 16.9 Å². The third-order valence-corrected chi connectivity index (χ3v) is 5.23. The summed E-state index contributed by atoms with van der Waals surface area (Å²) in [6.45, 7) is 8.25. The number of para-hydroxylation sites is 1. The summed E-state index contributed by atoms with van der Waals surface area (Å²) >= 11 is 0. The Morgan fingerprint density at radius 3 is 2.41 bits per heavy atom. The van der Waals surface area contributed by atoms with Crippen LogP contribution in [0, 0.1) is 12.7 Å². The molecule has 29 heavy (non-hydrogen) atoms. The first kappa shape index (κ1) is 20.7. The summed E-state index contributed by atoms with van der Waals surface area (Å²) in [5.41, 5.74) is 2.54. The fourth-order valence-electron chi connectivity index (χ4n) is 3.58. The Morgan fingerprint density at radius 1 is 1.10 bits per heavy atom. The van der Waals surface area contributed by atoms with E-state index in [9.17, 15) is 9.18 Å². The van der Waals surface area contributed by atoms with Crippen LogP contribution in [0.2, 0.25) is 0 Å². The van der Waals surface area contributed by atoms with Gasteiger partial charge in [-0.1, -0.05) is 56.3 Å². The zero-order valence-electron chi connectivity index (χ0n) is 17.1. The Hall–Kier alpha value is -2.99. The largest absolute Gasteiger partial charge is 0.350 e. The first-order valence-electron chi connectivity index (χ1n) is 9.93. The lowest BCUT2D eigenvalue weighted by Gasteiger charge is -2.30. The molecule has 0 aliphatic rings. The minimum absolute atomic E-state index is 0.0806. The summed E-state index contributed by atoms with van der Waals surface area (Å²) in [6, 6.07) is 16.6. The van der Waals surface area contributed by atoms with Gasteiger partial charge in [-0.3, -0.25) is 9.69 Å². The van der Waals surface area contributed by atoms with Gasteiger partial charge in [-0.15, -0.1) is 0 Å². The van der Waals surface area contributed by atoms with Crippen molar-refractivity contribution in [2.45, 2.75) is 26.8 Å². The van der Waals surface area contributed by atoms with Crippen LogP contribution in [-0.4, -0.2) is 40.2 Å². The van der Waals surface area contributed by atoms with Gasteiger partial charge in [-0.2, -0.15) is 5.10 Å². The smallest absolute Gasteiger partial charge is 0.254 e. The van der Waals surface area contributed by atoms with Crippen LogP contribution >= 0.6 is 0 Å². The van der Waals surface area contributed by atoms with Gasteiger partial charge in [0.25, 0.3) is 5.91 Å². The molecule has 3 rings (SSSR count). The summed E-state index contributed by atoms with van der Waals surface area (Å²) in [6.07, 6.45) is 1.49. The van der Waals surface area contributed by atoms with Gasteiger partial charge < -0.3 is 5.32 Å². The Balaban J connectivity index is 1.78. The molecule has 1 heterocycles. The van der Waals surface area contributed by atoms with Crippen LogP contribution in [0.15, 0.2) is 60.8 Å². The number of hydrogen-bond donors (Lipinski definition) is 1. The minimum atomic E-state index is -0.378. The zero-order valence-corrected chi connectivity index (χ0v) is 17.1. The lowest BCUT2D eigenvalue weighted by molar-refractivity contribution is 0.0934. The topological polar surface area (TPSA) is 50.2 Å². The van der Waals surface area contributed by atoms with Crippen LogP contribution < -0.4 is 5.32 Å². The van der Waals surface area contributed by atoms with Gasteiger partial charge in [-0.25, -0.2) is 9.07 Å². The second-order valence-electron chi connectivity index (χ2n) is 6.86. The van der Waals surface area contributed by atoms with Crippen molar-refractivity contribution in [3.05, 3.63) is 83.4 Å². The SMILES string of the molecule is CCN(CC)[C@H](CNC(=O)c1cnn(-c2ccccc2F)c1C)c1ccccc1. The lowest BCUT2D eigenvalue weighted by atomic mass is 10.0. The highest BCUT2D eigenvalue weighted by Crippen LogP contribution is 2.21. The van der Waals surface area contributed by atoms with Gasteiger partial charge in [-0.05, 0) is 37.7 Å². The molecule has 0 unspecified atom stereocenters. The van der Waals surface area contributed by atoms with E-state index in [-0.39, 0.29) is 17.8 Å². The van der Waals surface area contributed by atoms with E-state index in [0.29, 0.717) is 23.5 Å². The Morgan fingerprint density at radius 2 is 1.76 bits per heavy atom. The van der Waals surface area contributed by atoms with Crippen molar-refractivity contribution in [3.8, 4) is 5.69 Å². The predicted octanol–water partition coefficient (Wildman–Crippen LogP) is 4.13. The molecular formula is C23H27FN4O. The molecule has 3 aromatic rings. The molecule has 1 amide bonds. The summed E-state index contributed by atoms with van der Waals surface area (Å²) in [5.74, 6) is -0.588. The molecule has 0 bridgehead atoms. The highest BCUT2D eigenvalue weighted by molar-refractivity contribution is 5.95. The van der Waals surface area contributed by atoms with Crippen molar-refractivity contribution in [1.29, 1.82) is 0 Å². The molecular weight excluding hydrogens is 367 g/mol. The number of likely N-dealkylation sites (N-methyl/N-ethyl adjacent to an activating group) is 1. The molecule has 1 N–H and O–H groups in total. The van der Waals surface area contributed by atoms with Gasteiger partial charge in [0.1, 0.15) is 11.5 Å². The van der Waals surface area contributed by atoms with E-state index >= 15 is 0 Å². The number of nitrogens with zero attached hydrogens (tertiary/aromatic N) is 3. The van der Waals surface area contributed by atoms with E-state index < -0.39 is 0 Å². The number of nitrogens with one attached hydrogen (secondary N) is 1. The molecule has 1 aromatic heterocycles. The Kier molecular flexibility index (Phi) is 6.77. The molecule has 152 valence electrons. The number of amides is 1. The fourth-order valence-corrected chi connectivity index (χ4v) is 3.58. The van der Waals surface area contributed by atoms with Crippen molar-refractivity contribution < 1.29 is 9.18 Å². The molecule has 0 saturated heterocycles. The van der Waals surface area contributed by atoms with Crippen LogP contribution in [-0.2, 0) is 0 Å². The van der Waals surface area contributed by atoms with Crippen LogP contribution in [0.1, 0.15) is 41.5 Å². The molecule has 6 heteroatoms. The standard InChI is InChI=1S/C23H27FN4O/c1-4-27(5-2)22(18-11-7-6-8-12-18)16-25-23(29)19-15-26-28(17(19)3)21-14-10-9-13-20(21)24/h6-15,22H,4-5,16H2,1-3H3,(H,25,29)/t22-/m1/s1. The summed E-state index contributed by atoms with van der Waals surface area (Å²) in [5, 5.41) is 7.27. The molecule has 0 spiro atoms. The monoisotopic (exact) mass is 394 g/mol. The van der Waals surface area contributed by atoms with Crippen LogP contribution in [0.25, 0.3) is 5.69 Å². The number of rotatable bonds is 8. The molecule has 0 fully saturated rings. The van der Waals surface area contributed by atoms with Crippen LogP contribution in [0.3, 0.4) is 0 Å². The quantitative estimate of drug-likeness (QED) is 0.625. The number of halogens is 1. The van der Waals surface area contributed by atoms with E-state index in [1.807, 2.05) is 18.2 Å². The summed E-state index contributed by atoms with van der Waals surface area (Å²) < 4.78 is 15.6. The average Bonchev–Trinajstić information content (AvgIpc) is 3.13.